The van der Waals surface area contributed by atoms with Gasteiger partial charge in [0.05, 0.1) is 43.5 Å². The molecule has 3 aliphatic rings. The van der Waals surface area contributed by atoms with Gasteiger partial charge in [0.1, 0.15) is 29.8 Å². The molecule has 2 saturated heterocycles. The van der Waals surface area contributed by atoms with Crippen molar-refractivity contribution in [2.24, 2.45) is 17.8 Å². The Balaban J connectivity index is 0.953. The Morgan fingerprint density at radius 1 is 0.790 bits per heavy atom. The summed E-state index contributed by atoms with van der Waals surface area (Å²) < 4.78 is 10.3. The van der Waals surface area contributed by atoms with E-state index in [9.17, 15) is 19.2 Å². The number of aromatic amines is 2. The van der Waals surface area contributed by atoms with Gasteiger partial charge in [0.15, 0.2) is 0 Å². The van der Waals surface area contributed by atoms with Crippen LogP contribution in [-0.2, 0) is 23.9 Å². The van der Waals surface area contributed by atoms with Crippen LogP contribution in [0.2, 0.25) is 0 Å². The molecule has 4 heterocycles. The third kappa shape index (κ3) is 8.92. The molecule has 0 radical (unpaired) electrons. The molecule has 0 bridgehead atoms. The Morgan fingerprint density at radius 3 is 1.97 bits per heavy atom. The first-order valence-corrected chi connectivity index (χ1v) is 21.3. The first-order valence-electron chi connectivity index (χ1n) is 21.3. The van der Waals surface area contributed by atoms with Crippen LogP contribution >= 0.6 is 0 Å². The van der Waals surface area contributed by atoms with Gasteiger partial charge < -0.3 is 39.9 Å². The molecule has 5 aromatic rings. The second-order valence-corrected chi connectivity index (χ2v) is 16.9. The average molecular weight is 839 g/mol. The Labute approximate surface area is 361 Å². The average Bonchev–Trinajstić information content (AvgIpc) is 3.60. The molecule has 322 valence electrons. The fourth-order valence-electron chi connectivity index (χ4n) is 8.65. The number of carbonyl (C=O) groups is 4. The Hall–Kier alpha value is -6.54. The lowest BCUT2D eigenvalue weighted by molar-refractivity contribution is -0.138. The SMILES string of the molecule is C=C1CCN(C(=O)[C@@H](NC(=O)OC)C(C)C)[C@@H]1c1ncc(-c2ccc(-c3ccc(-c4cnc([C@@H]5C[C@H](COC)CN5C(=O)[C@H](NC(=O)C5CC5)c5ccccc5)[nH]4)cc3)cc2)[nH]1. The second kappa shape index (κ2) is 18.2. The van der Waals surface area contributed by atoms with E-state index < -0.39 is 24.2 Å². The maximum Gasteiger partial charge on any atom is 0.407 e. The highest BCUT2D eigenvalue weighted by Crippen LogP contribution is 2.39. The third-order valence-corrected chi connectivity index (χ3v) is 12.2. The molecule has 2 aromatic heterocycles. The Morgan fingerprint density at radius 2 is 1.39 bits per heavy atom. The molecule has 14 nitrogen and oxygen atoms in total. The summed E-state index contributed by atoms with van der Waals surface area (Å²) in [6.07, 6.45) is 5.95. The zero-order valence-corrected chi connectivity index (χ0v) is 35.6. The van der Waals surface area contributed by atoms with Gasteiger partial charge in [-0.1, -0.05) is 99.3 Å². The van der Waals surface area contributed by atoms with Crippen molar-refractivity contribution in [2.75, 3.05) is 33.9 Å². The van der Waals surface area contributed by atoms with Crippen LogP contribution in [0.25, 0.3) is 33.6 Å². The van der Waals surface area contributed by atoms with Crippen LogP contribution in [-0.4, -0.2) is 93.5 Å². The molecule has 3 fully saturated rings. The van der Waals surface area contributed by atoms with E-state index in [1.807, 2.05) is 67.4 Å². The topological polar surface area (TPSA) is 175 Å². The van der Waals surface area contributed by atoms with Gasteiger partial charge in [0.25, 0.3) is 0 Å². The van der Waals surface area contributed by atoms with E-state index in [1.54, 1.807) is 18.2 Å². The summed E-state index contributed by atoms with van der Waals surface area (Å²) in [6, 6.07) is 23.6. The fraction of sp³-hybridized carbons (Fsp3) is 0.375. The van der Waals surface area contributed by atoms with Crippen molar-refractivity contribution in [3.05, 3.63) is 121 Å². The molecule has 62 heavy (non-hydrogen) atoms. The number of hydrogen-bond acceptors (Lipinski definition) is 8. The maximum atomic E-state index is 14.4. The number of rotatable bonds is 14. The van der Waals surface area contributed by atoms with Crippen LogP contribution in [0.4, 0.5) is 4.79 Å². The van der Waals surface area contributed by atoms with Gasteiger partial charge in [-0.2, -0.15) is 0 Å². The molecule has 1 saturated carbocycles. The number of amides is 4. The number of aromatic nitrogens is 4. The van der Waals surface area contributed by atoms with Crippen LogP contribution in [0.15, 0.2) is 103 Å². The highest BCUT2D eigenvalue weighted by molar-refractivity contribution is 5.91. The quantitative estimate of drug-likeness (QED) is 0.0854. The van der Waals surface area contributed by atoms with E-state index in [4.69, 9.17) is 14.5 Å². The number of nitrogens with zero attached hydrogens (tertiary/aromatic N) is 4. The first kappa shape index (κ1) is 42.2. The van der Waals surface area contributed by atoms with Crippen molar-refractivity contribution >= 4 is 23.8 Å². The summed E-state index contributed by atoms with van der Waals surface area (Å²) in [7, 11) is 2.95. The highest BCUT2D eigenvalue weighted by Gasteiger charge is 2.43. The number of alkyl carbamates (subject to hydrolysis) is 1. The van der Waals surface area contributed by atoms with Crippen molar-refractivity contribution in [3.8, 4) is 33.6 Å². The number of hydrogen-bond donors (Lipinski definition) is 4. The van der Waals surface area contributed by atoms with Gasteiger partial charge in [-0.05, 0) is 65.0 Å². The smallest absolute Gasteiger partial charge is 0.407 e. The molecular formula is C48H54N8O6. The molecule has 0 unspecified atom stereocenters. The first-order chi connectivity index (χ1) is 30.0. The molecule has 14 heteroatoms. The minimum atomic E-state index is -0.788. The van der Waals surface area contributed by atoms with Gasteiger partial charge in [0, 0.05) is 32.0 Å². The third-order valence-electron chi connectivity index (χ3n) is 12.2. The number of methoxy groups -OCH3 is 2. The fourth-order valence-corrected chi connectivity index (χ4v) is 8.65. The van der Waals surface area contributed by atoms with Gasteiger partial charge in [-0.25, -0.2) is 14.8 Å². The molecule has 4 N–H and O–H groups in total. The van der Waals surface area contributed by atoms with Gasteiger partial charge in [-0.15, -0.1) is 0 Å². The predicted octanol–water partition coefficient (Wildman–Crippen LogP) is 7.15. The highest BCUT2D eigenvalue weighted by atomic mass is 16.5. The molecular weight excluding hydrogens is 785 g/mol. The summed E-state index contributed by atoms with van der Waals surface area (Å²) in [5.74, 6) is 0.819. The molecule has 5 atom stereocenters. The standard InChI is InChI=1S/C48H54N8O6/c1-28(2)40(54-48(60)62-5)46(58)55-22-21-29(3)42(55)44-50-25-38(52-44)34-17-13-32(14-18-34)31-11-15-33(16-12-31)37-24-49-43(51-37)39-23-30(27-61-4)26-56(39)47(59)41(35-9-7-6-8-10-35)53-45(57)36-19-20-36/h6-18,24-25,28,30,36,39-42H,3,19-23,26-27H2,1-2,4-5H3,(H,49,51)(H,50,52)(H,53,57)(H,54,60)/t30-,39-,40-,41+,42-/m0/s1. The van der Waals surface area contributed by atoms with E-state index in [-0.39, 0.29) is 41.5 Å². The lowest BCUT2D eigenvalue weighted by Gasteiger charge is -2.30. The van der Waals surface area contributed by atoms with Gasteiger partial charge >= 0.3 is 6.09 Å². The van der Waals surface area contributed by atoms with E-state index in [2.05, 4.69) is 68.6 Å². The van der Waals surface area contributed by atoms with Crippen LogP contribution in [0.5, 0.6) is 0 Å². The van der Waals surface area contributed by atoms with E-state index in [0.717, 1.165) is 57.6 Å². The predicted molar refractivity (Wildman–Crippen MR) is 234 cm³/mol. The summed E-state index contributed by atoms with van der Waals surface area (Å²) in [5, 5.41) is 5.74. The van der Waals surface area contributed by atoms with Crippen molar-refractivity contribution in [3.63, 3.8) is 0 Å². The monoisotopic (exact) mass is 838 g/mol. The summed E-state index contributed by atoms with van der Waals surface area (Å²) in [5.41, 5.74) is 7.25. The van der Waals surface area contributed by atoms with E-state index >= 15 is 0 Å². The molecule has 8 rings (SSSR count). The second-order valence-electron chi connectivity index (χ2n) is 16.9. The van der Waals surface area contributed by atoms with Crippen LogP contribution in [0, 0.1) is 17.8 Å². The molecule has 3 aromatic carbocycles. The lowest BCUT2D eigenvalue weighted by Crippen LogP contribution is -2.51. The normalized spacial score (nSPS) is 19.7. The number of H-pyrrole nitrogens is 2. The van der Waals surface area contributed by atoms with Gasteiger partial charge in [0.2, 0.25) is 17.7 Å². The molecule has 1 aliphatic carbocycles. The lowest BCUT2D eigenvalue weighted by atomic mass is 10.0. The van der Waals surface area contributed by atoms with Crippen LogP contribution in [0.1, 0.15) is 74.9 Å². The molecule has 4 amide bonds. The van der Waals surface area contributed by atoms with Crippen molar-refractivity contribution in [1.29, 1.82) is 0 Å². The summed E-state index contributed by atoms with van der Waals surface area (Å²) in [6.45, 7) is 9.50. The minimum Gasteiger partial charge on any atom is -0.453 e. The Bertz CT molecular complexity index is 2400. The van der Waals surface area contributed by atoms with Crippen LogP contribution < -0.4 is 10.6 Å². The maximum absolute atomic E-state index is 14.4. The zero-order chi connectivity index (χ0) is 43.5. The Kier molecular flexibility index (Phi) is 12.4. The van der Waals surface area contributed by atoms with Crippen molar-refractivity contribution < 1.29 is 28.7 Å². The number of ether oxygens (including phenoxy) is 2. The number of carbonyl (C=O) groups excluding carboxylic acids is 4. The minimum absolute atomic E-state index is 0.0291. The van der Waals surface area contributed by atoms with Crippen molar-refractivity contribution in [1.82, 2.24) is 40.4 Å². The van der Waals surface area contributed by atoms with Gasteiger partial charge in [-0.3, -0.25) is 14.4 Å². The molecule has 2 aliphatic heterocycles. The number of nitrogens with one attached hydrogen (secondary N) is 4. The van der Waals surface area contributed by atoms with E-state index in [1.165, 1.54) is 7.11 Å². The number of likely N-dealkylation sites (tertiary alicyclic amines) is 2. The van der Waals surface area contributed by atoms with Crippen LogP contribution in [0.3, 0.4) is 0 Å². The zero-order valence-electron chi connectivity index (χ0n) is 35.6. The molecule has 0 spiro atoms. The van der Waals surface area contributed by atoms with Crippen molar-refractivity contribution in [2.45, 2.75) is 63.7 Å². The largest absolute Gasteiger partial charge is 0.453 e. The number of imidazole rings is 2. The summed E-state index contributed by atoms with van der Waals surface area (Å²) >= 11 is 0. The van der Waals surface area contributed by atoms with E-state index in [0.29, 0.717) is 44.2 Å². The number of benzene rings is 3. The summed E-state index contributed by atoms with van der Waals surface area (Å²) in [4.78, 5) is 73.0.